The number of nitrogens with zero attached hydrogens (tertiary/aromatic N) is 2. The molecule has 4 nitrogen and oxygen atoms in total. The zero-order valence-corrected chi connectivity index (χ0v) is 14.9. The van der Waals surface area contributed by atoms with Crippen LogP contribution in [0.1, 0.15) is 12.5 Å². The van der Waals surface area contributed by atoms with Gasteiger partial charge < -0.3 is 4.90 Å². The monoisotopic (exact) mass is 398 g/mol. The second-order valence-corrected chi connectivity index (χ2v) is 9.38. The van der Waals surface area contributed by atoms with Crippen LogP contribution in [-0.4, -0.2) is 42.9 Å². The maximum Gasteiger partial charge on any atom is 0.416 e. The predicted octanol–water partition coefficient (Wildman–Crippen LogP) is 3.45. The van der Waals surface area contributed by atoms with Gasteiger partial charge in [0.05, 0.1) is 39.9 Å². The highest BCUT2D eigenvalue weighted by atomic mass is 35.5. The van der Waals surface area contributed by atoms with E-state index in [1.54, 1.807) is 4.90 Å². The smallest absolute Gasteiger partial charge is 0.313 e. The van der Waals surface area contributed by atoms with E-state index >= 15 is 0 Å². The number of benzene rings is 1. The lowest BCUT2D eigenvalue weighted by Crippen LogP contribution is -2.39. The van der Waals surface area contributed by atoms with Crippen LogP contribution >= 0.6 is 23.4 Å². The number of alkyl halides is 3. The Morgan fingerprint density at radius 1 is 1.38 bits per heavy atom. The summed E-state index contributed by atoms with van der Waals surface area (Å²) < 4.78 is 62.9. The molecule has 132 valence electrons. The van der Waals surface area contributed by atoms with Crippen LogP contribution < -0.4 is 4.90 Å². The van der Waals surface area contributed by atoms with Crippen molar-refractivity contribution in [2.75, 3.05) is 22.2 Å². The Bertz CT molecular complexity index is 796. The fraction of sp³-hybridized carbons (Fsp3) is 0.500. The fourth-order valence-corrected chi connectivity index (χ4v) is 5.81. The number of hydrogen-bond donors (Lipinski definition) is 0. The first-order valence-corrected chi connectivity index (χ1v) is 10.4. The minimum absolute atomic E-state index is 0.0848. The standard InChI is InChI=1S/C14H14ClF3N2O2S2/c1-2-23-13-19-10-6-24(21,22)7-12(10)20(13)11-5-8(14(16,17)18)3-4-9(11)15/h3-5,10,12H,2,6-7H2,1H3/t10-,12-/m0/s1. The molecule has 0 bridgehead atoms. The van der Waals surface area contributed by atoms with Gasteiger partial charge in [-0.25, -0.2) is 8.42 Å². The van der Waals surface area contributed by atoms with Crippen molar-refractivity contribution in [1.29, 1.82) is 0 Å². The molecule has 0 N–H and O–H groups in total. The second-order valence-electron chi connectivity index (χ2n) is 5.59. The maximum absolute atomic E-state index is 13.0. The average Bonchev–Trinajstić information content (AvgIpc) is 2.90. The van der Waals surface area contributed by atoms with E-state index in [4.69, 9.17) is 11.6 Å². The number of amidine groups is 1. The van der Waals surface area contributed by atoms with Gasteiger partial charge >= 0.3 is 6.18 Å². The predicted molar refractivity (Wildman–Crippen MR) is 90.7 cm³/mol. The highest BCUT2D eigenvalue weighted by molar-refractivity contribution is 8.14. The summed E-state index contributed by atoms with van der Waals surface area (Å²) in [4.78, 5) is 5.97. The summed E-state index contributed by atoms with van der Waals surface area (Å²) in [5.74, 6) is 0.443. The number of hydrogen-bond acceptors (Lipinski definition) is 5. The minimum atomic E-state index is -4.50. The van der Waals surface area contributed by atoms with Crippen LogP contribution in [0.25, 0.3) is 0 Å². The second kappa shape index (κ2) is 6.10. The van der Waals surface area contributed by atoms with Crippen LogP contribution in [-0.2, 0) is 16.0 Å². The van der Waals surface area contributed by atoms with Gasteiger partial charge in [0.2, 0.25) is 0 Å². The van der Waals surface area contributed by atoms with Crippen LogP contribution in [0, 0.1) is 0 Å². The lowest BCUT2D eigenvalue weighted by molar-refractivity contribution is -0.137. The van der Waals surface area contributed by atoms with E-state index in [9.17, 15) is 21.6 Å². The molecule has 2 atom stereocenters. The van der Waals surface area contributed by atoms with Crippen LogP contribution in [0.3, 0.4) is 0 Å². The number of aliphatic imine (C=N–C) groups is 1. The van der Waals surface area contributed by atoms with Crippen LogP contribution in [0.4, 0.5) is 18.9 Å². The Kier molecular flexibility index (Phi) is 4.55. The van der Waals surface area contributed by atoms with E-state index in [0.717, 1.165) is 12.1 Å². The lowest BCUT2D eigenvalue weighted by atomic mass is 10.1. The molecule has 1 saturated heterocycles. The van der Waals surface area contributed by atoms with E-state index in [-0.39, 0.29) is 22.2 Å². The Balaban J connectivity index is 2.07. The van der Waals surface area contributed by atoms with E-state index in [2.05, 4.69) is 4.99 Å². The van der Waals surface area contributed by atoms with Crippen molar-refractivity contribution in [1.82, 2.24) is 0 Å². The first-order valence-electron chi connectivity index (χ1n) is 7.19. The first kappa shape index (κ1) is 17.9. The Labute approximate surface area is 147 Å². The molecule has 0 spiro atoms. The molecule has 2 aliphatic heterocycles. The van der Waals surface area contributed by atoms with Gasteiger partial charge in [0.15, 0.2) is 15.0 Å². The average molecular weight is 399 g/mol. The summed E-state index contributed by atoms with van der Waals surface area (Å²) >= 11 is 7.49. The quantitative estimate of drug-likeness (QED) is 0.765. The molecule has 0 unspecified atom stereocenters. The number of anilines is 1. The molecule has 10 heteroatoms. The molecule has 24 heavy (non-hydrogen) atoms. The number of rotatable bonds is 2. The molecular weight excluding hydrogens is 385 g/mol. The lowest BCUT2D eigenvalue weighted by Gasteiger charge is -2.28. The highest BCUT2D eigenvalue weighted by Gasteiger charge is 2.47. The van der Waals surface area contributed by atoms with Gasteiger partial charge in [-0.2, -0.15) is 13.2 Å². The third kappa shape index (κ3) is 3.25. The Morgan fingerprint density at radius 3 is 2.71 bits per heavy atom. The summed E-state index contributed by atoms with van der Waals surface area (Å²) in [5.41, 5.74) is -0.678. The Hall–Kier alpha value is -0.930. The fourth-order valence-electron chi connectivity index (χ4n) is 2.92. The van der Waals surface area contributed by atoms with Gasteiger partial charge in [-0.05, 0) is 24.0 Å². The van der Waals surface area contributed by atoms with Crippen molar-refractivity contribution < 1.29 is 21.6 Å². The van der Waals surface area contributed by atoms with Crippen molar-refractivity contribution in [3.05, 3.63) is 28.8 Å². The number of sulfone groups is 1. The largest absolute Gasteiger partial charge is 0.416 e. The molecule has 2 heterocycles. The van der Waals surface area contributed by atoms with Crippen molar-refractivity contribution in [2.45, 2.75) is 25.2 Å². The topological polar surface area (TPSA) is 49.7 Å². The third-order valence-corrected chi connectivity index (χ3v) is 6.78. The van der Waals surface area contributed by atoms with Gasteiger partial charge in [-0.3, -0.25) is 4.99 Å². The van der Waals surface area contributed by atoms with Crippen LogP contribution in [0.15, 0.2) is 23.2 Å². The van der Waals surface area contributed by atoms with E-state index in [1.807, 2.05) is 6.92 Å². The molecule has 0 radical (unpaired) electrons. The van der Waals surface area contributed by atoms with Gasteiger partial charge in [0.25, 0.3) is 0 Å². The molecule has 0 aliphatic carbocycles. The maximum atomic E-state index is 13.0. The van der Waals surface area contributed by atoms with Crippen molar-refractivity contribution >= 4 is 44.1 Å². The van der Waals surface area contributed by atoms with E-state index < -0.39 is 33.7 Å². The van der Waals surface area contributed by atoms with Crippen molar-refractivity contribution in [3.63, 3.8) is 0 Å². The number of thioether (sulfide) groups is 1. The molecular formula is C14H14ClF3N2O2S2. The summed E-state index contributed by atoms with van der Waals surface area (Å²) in [7, 11) is -3.26. The first-order chi connectivity index (χ1) is 11.1. The van der Waals surface area contributed by atoms with Gasteiger partial charge in [-0.15, -0.1) is 0 Å². The van der Waals surface area contributed by atoms with Gasteiger partial charge in [0, 0.05) is 0 Å². The summed E-state index contributed by atoms with van der Waals surface area (Å²) in [6.07, 6.45) is -4.50. The van der Waals surface area contributed by atoms with Crippen molar-refractivity contribution in [2.24, 2.45) is 4.99 Å². The summed E-state index contributed by atoms with van der Waals surface area (Å²) in [6, 6.07) is 2.08. The molecule has 0 amide bonds. The summed E-state index contributed by atoms with van der Waals surface area (Å²) in [6.45, 7) is 1.89. The molecule has 0 saturated carbocycles. The van der Waals surface area contributed by atoms with Crippen LogP contribution in [0.2, 0.25) is 5.02 Å². The van der Waals surface area contributed by atoms with Crippen molar-refractivity contribution in [3.8, 4) is 0 Å². The molecule has 2 aliphatic rings. The minimum Gasteiger partial charge on any atom is -0.313 e. The van der Waals surface area contributed by atoms with E-state index in [1.165, 1.54) is 17.8 Å². The molecule has 1 aromatic rings. The van der Waals surface area contributed by atoms with E-state index in [0.29, 0.717) is 10.9 Å². The van der Waals surface area contributed by atoms with Gasteiger partial charge in [0.1, 0.15) is 0 Å². The third-order valence-electron chi connectivity index (χ3n) is 3.91. The number of fused-ring (bicyclic) bond motifs is 1. The number of halogens is 4. The van der Waals surface area contributed by atoms with Crippen LogP contribution in [0.5, 0.6) is 0 Å². The molecule has 1 fully saturated rings. The Morgan fingerprint density at radius 2 is 2.08 bits per heavy atom. The molecule has 1 aromatic carbocycles. The summed E-state index contributed by atoms with van der Waals surface area (Å²) in [5, 5.41) is 0.654. The molecule has 0 aromatic heterocycles. The zero-order valence-electron chi connectivity index (χ0n) is 12.5. The normalized spacial score (nSPS) is 25.7. The molecule has 3 rings (SSSR count). The zero-order chi connectivity index (χ0) is 17.7. The SMILES string of the molecule is CCSC1=N[C@H]2CS(=O)(=O)C[C@@H]2N1c1cc(C(F)(F)F)ccc1Cl. The highest BCUT2D eigenvalue weighted by Crippen LogP contribution is 2.41. The van der Waals surface area contributed by atoms with Gasteiger partial charge in [-0.1, -0.05) is 30.3 Å².